The first kappa shape index (κ1) is 14.9. The second-order valence-electron chi connectivity index (χ2n) is 6.42. The maximum atomic E-state index is 12.9. The maximum Gasteiger partial charge on any atom is 0.252 e. The first-order chi connectivity index (χ1) is 11.6. The lowest BCUT2D eigenvalue weighted by atomic mass is 9.92. The summed E-state index contributed by atoms with van der Waals surface area (Å²) in [5, 5.41) is 8.44. The molecule has 1 amide bonds. The van der Waals surface area contributed by atoms with Gasteiger partial charge in [0.05, 0.1) is 23.3 Å². The average Bonchev–Trinajstić information content (AvgIpc) is 2.96. The Hall–Kier alpha value is -2.69. The lowest BCUT2D eigenvalue weighted by molar-refractivity contribution is 0.0934. The molecule has 0 saturated heterocycles. The van der Waals surface area contributed by atoms with Crippen LogP contribution < -0.4 is 5.32 Å². The molecule has 3 aromatic rings. The number of rotatable bonds is 2. The van der Waals surface area contributed by atoms with Crippen LogP contribution in [-0.2, 0) is 13.5 Å². The molecule has 5 heteroatoms. The monoisotopic (exact) mass is 320 g/mol. The number of para-hydroxylation sites is 1. The van der Waals surface area contributed by atoms with Crippen molar-refractivity contribution in [2.24, 2.45) is 7.05 Å². The molecule has 1 atom stereocenters. The Morgan fingerprint density at radius 3 is 3.04 bits per heavy atom. The molecule has 0 bridgehead atoms. The normalized spacial score (nSPS) is 16.8. The number of carbonyl (C=O) groups is 1. The van der Waals surface area contributed by atoms with Gasteiger partial charge in [0, 0.05) is 29.4 Å². The highest BCUT2D eigenvalue weighted by molar-refractivity contribution is 6.06. The van der Waals surface area contributed by atoms with Crippen LogP contribution in [0.15, 0.2) is 36.5 Å². The first-order valence-corrected chi connectivity index (χ1v) is 8.31. The lowest BCUT2D eigenvalue weighted by Gasteiger charge is -2.24. The molecule has 2 heterocycles. The molecule has 122 valence electrons. The Morgan fingerprint density at radius 2 is 2.17 bits per heavy atom. The van der Waals surface area contributed by atoms with E-state index < -0.39 is 0 Å². The topological polar surface area (TPSA) is 59.8 Å². The number of nitrogens with one attached hydrogen (secondary N) is 1. The lowest BCUT2D eigenvalue weighted by Crippen LogP contribution is -2.31. The highest BCUT2D eigenvalue weighted by Crippen LogP contribution is 2.30. The fraction of sp³-hybridized carbons (Fsp3) is 0.316. The summed E-state index contributed by atoms with van der Waals surface area (Å²) >= 11 is 0. The summed E-state index contributed by atoms with van der Waals surface area (Å²) in [7, 11) is 1.96. The van der Waals surface area contributed by atoms with E-state index in [4.69, 9.17) is 0 Å². The van der Waals surface area contributed by atoms with Crippen molar-refractivity contribution in [3.8, 4) is 0 Å². The van der Waals surface area contributed by atoms with Crippen LogP contribution in [0.4, 0.5) is 0 Å². The van der Waals surface area contributed by atoms with Crippen molar-refractivity contribution >= 4 is 16.8 Å². The van der Waals surface area contributed by atoms with Crippen LogP contribution in [0.3, 0.4) is 0 Å². The van der Waals surface area contributed by atoms with Crippen LogP contribution in [0.25, 0.3) is 10.9 Å². The van der Waals surface area contributed by atoms with Gasteiger partial charge in [-0.3, -0.25) is 14.5 Å². The third-order valence-corrected chi connectivity index (χ3v) is 4.77. The predicted molar refractivity (Wildman–Crippen MR) is 92.8 cm³/mol. The van der Waals surface area contributed by atoms with Gasteiger partial charge in [-0.05, 0) is 38.3 Å². The molecule has 0 unspecified atom stereocenters. The zero-order chi connectivity index (χ0) is 16.7. The fourth-order valence-corrected chi connectivity index (χ4v) is 3.59. The van der Waals surface area contributed by atoms with Crippen molar-refractivity contribution in [2.75, 3.05) is 0 Å². The summed E-state index contributed by atoms with van der Waals surface area (Å²) < 4.78 is 1.92. The first-order valence-electron chi connectivity index (χ1n) is 8.31. The van der Waals surface area contributed by atoms with E-state index in [1.165, 1.54) is 5.69 Å². The van der Waals surface area contributed by atoms with E-state index in [1.54, 1.807) is 0 Å². The Balaban J connectivity index is 1.69. The van der Waals surface area contributed by atoms with E-state index in [1.807, 2.05) is 55.2 Å². The van der Waals surface area contributed by atoms with E-state index >= 15 is 0 Å². The minimum atomic E-state index is -0.0431. The van der Waals surface area contributed by atoms with E-state index in [0.29, 0.717) is 5.56 Å². The second-order valence-corrected chi connectivity index (χ2v) is 6.42. The van der Waals surface area contributed by atoms with Crippen molar-refractivity contribution in [1.29, 1.82) is 0 Å². The predicted octanol–water partition coefficient (Wildman–Crippen LogP) is 3.08. The van der Waals surface area contributed by atoms with E-state index in [-0.39, 0.29) is 11.9 Å². The number of nitrogens with zero attached hydrogens (tertiary/aromatic N) is 3. The third kappa shape index (κ3) is 2.46. The number of hydrogen-bond acceptors (Lipinski definition) is 3. The van der Waals surface area contributed by atoms with Gasteiger partial charge in [-0.15, -0.1) is 0 Å². The highest BCUT2D eigenvalue weighted by atomic mass is 16.1. The minimum absolute atomic E-state index is 0.0298. The molecule has 0 saturated carbocycles. The smallest absolute Gasteiger partial charge is 0.252 e. The zero-order valence-electron chi connectivity index (χ0n) is 13.9. The second kappa shape index (κ2) is 5.74. The number of aryl methyl sites for hydroxylation is 2. The largest absolute Gasteiger partial charge is 0.345 e. The molecule has 24 heavy (non-hydrogen) atoms. The van der Waals surface area contributed by atoms with Crippen molar-refractivity contribution in [3.05, 3.63) is 59.0 Å². The molecule has 1 aromatic carbocycles. The molecular weight excluding hydrogens is 300 g/mol. The Kier molecular flexibility index (Phi) is 3.56. The maximum absolute atomic E-state index is 12.9. The summed E-state index contributed by atoms with van der Waals surface area (Å²) in [5.41, 5.74) is 4.77. The number of fused-ring (bicyclic) bond motifs is 2. The average molecular weight is 320 g/mol. The minimum Gasteiger partial charge on any atom is -0.345 e. The van der Waals surface area contributed by atoms with Crippen molar-refractivity contribution in [1.82, 2.24) is 20.1 Å². The summed E-state index contributed by atoms with van der Waals surface area (Å²) in [6.45, 7) is 1.92. The van der Waals surface area contributed by atoms with E-state index in [9.17, 15) is 4.79 Å². The van der Waals surface area contributed by atoms with Gasteiger partial charge in [0.15, 0.2) is 0 Å². The van der Waals surface area contributed by atoms with E-state index in [2.05, 4.69) is 15.4 Å². The van der Waals surface area contributed by atoms with Crippen molar-refractivity contribution in [2.45, 2.75) is 32.2 Å². The number of amides is 1. The molecule has 1 N–H and O–H groups in total. The molecular formula is C19H20N4O. The Bertz CT molecular complexity index is 928. The number of pyridine rings is 1. The van der Waals surface area contributed by atoms with Crippen LogP contribution in [0.5, 0.6) is 0 Å². The standard InChI is InChI=1S/C19H20N4O/c1-12-10-14(13-6-3-4-7-16(13)21-12)19(24)22-17-8-5-9-18-15(17)11-20-23(18)2/h3-4,6-7,10-11,17H,5,8-9H2,1-2H3,(H,22,24)/t17-/m0/s1. The number of aromatic nitrogens is 3. The van der Waals surface area contributed by atoms with Crippen LogP contribution in [0.2, 0.25) is 0 Å². The van der Waals surface area contributed by atoms with Gasteiger partial charge in [0.1, 0.15) is 0 Å². The molecule has 0 spiro atoms. The SMILES string of the molecule is Cc1cc(C(=O)N[C@H]2CCCc3c2cnn3C)c2ccccc2n1. The van der Waals surface area contributed by atoms with Gasteiger partial charge in [0.2, 0.25) is 0 Å². The Labute approximate surface area is 140 Å². The molecule has 0 aliphatic heterocycles. The van der Waals surface area contributed by atoms with Gasteiger partial charge < -0.3 is 5.32 Å². The van der Waals surface area contributed by atoms with Crippen LogP contribution >= 0.6 is 0 Å². The van der Waals surface area contributed by atoms with E-state index in [0.717, 1.165) is 41.4 Å². The molecule has 4 rings (SSSR count). The summed E-state index contributed by atoms with van der Waals surface area (Å²) in [4.78, 5) is 17.4. The zero-order valence-corrected chi connectivity index (χ0v) is 13.9. The molecule has 1 aliphatic rings. The fourth-order valence-electron chi connectivity index (χ4n) is 3.59. The number of carbonyl (C=O) groups excluding carboxylic acids is 1. The summed E-state index contributed by atoms with van der Waals surface area (Å²) in [6, 6.07) is 9.67. The number of hydrogen-bond donors (Lipinski definition) is 1. The van der Waals surface area contributed by atoms with Gasteiger partial charge in [-0.2, -0.15) is 5.10 Å². The molecule has 0 radical (unpaired) electrons. The third-order valence-electron chi connectivity index (χ3n) is 4.77. The summed E-state index contributed by atoms with van der Waals surface area (Å²) in [5.74, 6) is -0.0431. The van der Waals surface area contributed by atoms with Gasteiger partial charge >= 0.3 is 0 Å². The van der Waals surface area contributed by atoms with Crippen molar-refractivity contribution in [3.63, 3.8) is 0 Å². The summed E-state index contributed by atoms with van der Waals surface area (Å²) in [6.07, 6.45) is 4.92. The molecule has 5 nitrogen and oxygen atoms in total. The highest BCUT2D eigenvalue weighted by Gasteiger charge is 2.25. The van der Waals surface area contributed by atoms with Crippen LogP contribution in [0.1, 0.15) is 46.2 Å². The van der Waals surface area contributed by atoms with Gasteiger partial charge in [0.25, 0.3) is 5.91 Å². The quantitative estimate of drug-likeness (QED) is 0.789. The Morgan fingerprint density at radius 1 is 1.33 bits per heavy atom. The van der Waals surface area contributed by atoms with Gasteiger partial charge in [-0.25, -0.2) is 0 Å². The van der Waals surface area contributed by atoms with Gasteiger partial charge in [-0.1, -0.05) is 18.2 Å². The molecule has 1 aliphatic carbocycles. The number of benzene rings is 1. The van der Waals surface area contributed by atoms with Crippen LogP contribution in [-0.4, -0.2) is 20.7 Å². The van der Waals surface area contributed by atoms with Crippen LogP contribution in [0, 0.1) is 6.92 Å². The van der Waals surface area contributed by atoms with Crippen molar-refractivity contribution < 1.29 is 4.79 Å². The molecule has 2 aromatic heterocycles. The molecule has 0 fully saturated rings.